The molecule has 0 atom stereocenters. The highest BCUT2D eigenvalue weighted by atomic mass is 16.1. The Balaban J connectivity index is 1.72. The molecule has 2 aromatic rings. The van der Waals surface area contributed by atoms with Crippen molar-refractivity contribution in [1.82, 2.24) is 14.7 Å². The second-order valence-corrected chi connectivity index (χ2v) is 5.78. The molecule has 3 rings (SSSR count). The van der Waals surface area contributed by atoms with Crippen LogP contribution in [0.25, 0.3) is 5.65 Å². The van der Waals surface area contributed by atoms with Gasteiger partial charge in [0.15, 0.2) is 0 Å². The molecule has 100 valence electrons. The summed E-state index contributed by atoms with van der Waals surface area (Å²) in [5, 5.41) is 3.43. The maximum atomic E-state index is 11.9. The van der Waals surface area contributed by atoms with Crippen molar-refractivity contribution in [2.24, 2.45) is 5.41 Å². The molecule has 0 unspecified atom stereocenters. The van der Waals surface area contributed by atoms with E-state index in [1.807, 2.05) is 18.2 Å². The number of hydrogen-bond acceptors (Lipinski definition) is 3. The van der Waals surface area contributed by atoms with Crippen molar-refractivity contribution in [2.75, 3.05) is 6.54 Å². The summed E-state index contributed by atoms with van der Waals surface area (Å²) in [6, 6.07) is 7.21. The van der Waals surface area contributed by atoms with Crippen molar-refractivity contribution in [1.29, 1.82) is 0 Å². The fourth-order valence-electron chi connectivity index (χ4n) is 2.64. The van der Waals surface area contributed by atoms with Crippen LogP contribution in [0, 0.1) is 5.41 Å². The van der Waals surface area contributed by atoms with Gasteiger partial charge in [0.25, 0.3) is 5.56 Å². The lowest BCUT2D eigenvalue weighted by atomic mass is 9.70. The summed E-state index contributed by atoms with van der Waals surface area (Å²) in [7, 11) is 0. The van der Waals surface area contributed by atoms with E-state index in [1.54, 1.807) is 16.7 Å². The third kappa shape index (κ3) is 2.54. The molecule has 1 N–H and O–H groups in total. The second-order valence-electron chi connectivity index (χ2n) is 5.78. The lowest BCUT2D eigenvalue weighted by Crippen LogP contribution is -2.37. The highest BCUT2D eigenvalue weighted by molar-refractivity contribution is 5.37. The van der Waals surface area contributed by atoms with E-state index in [0.29, 0.717) is 17.6 Å². The van der Waals surface area contributed by atoms with E-state index in [2.05, 4.69) is 17.2 Å². The van der Waals surface area contributed by atoms with Gasteiger partial charge >= 0.3 is 0 Å². The average molecular weight is 257 g/mol. The van der Waals surface area contributed by atoms with Crippen LogP contribution in [-0.4, -0.2) is 15.9 Å². The number of hydrogen-bond donors (Lipinski definition) is 1. The van der Waals surface area contributed by atoms with Crippen LogP contribution in [0.1, 0.15) is 31.9 Å². The van der Waals surface area contributed by atoms with Gasteiger partial charge in [0.1, 0.15) is 5.65 Å². The fraction of sp³-hybridized carbons (Fsp3) is 0.467. The van der Waals surface area contributed by atoms with Gasteiger partial charge in [0.2, 0.25) is 0 Å². The van der Waals surface area contributed by atoms with E-state index in [-0.39, 0.29) is 5.56 Å². The molecule has 0 aliphatic heterocycles. The molecule has 1 aliphatic rings. The van der Waals surface area contributed by atoms with Gasteiger partial charge in [-0.3, -0.25) is 9.20 Å². The monoisotopic (exact) mass is 257 g/mol. The molecule has 2 aromatic heterocycles. The summed E-state index contributed by atoms with van der Waals surface area (Å²) in [5.74, 6) is 0. The van der Waals surface area contributed by atoms with Crippen molar-refractivity contribution in [2.45, 2.75) is 32.7 Å². The van der Waals surface area contributed by atoms with Crippen LogP contribution in [0.4, 0.5) is 0 Å². The van der Waals surface area contributed by atoms with Crippen molar-refractivity contribution in [3.8, 4) is 0 Å². The Hall–Kier alpha value is -1.68. The minimum absolute atomic E-state index is 0.0164. The van der Waals surface area contributed by atoms with Gasteiger partial charge in [-0.1, -0.05) is 19.4 Å². The summed E-state index contributed by atoms with van der Waals surface area (Å²) in [4.78, 5) is 16.4. The van der Waals surface area contributed by atoms with Crippen LogP contribution in [0.15, 0.2) is 35.3 Å². The molecule has 19 heavy (non-hydrogen) atoms. The van der Waals surface area contributed by atoms with Crippen LogP contribution < -0.4 is 10.9 Å². The van der Waals surface area contributed by atoms with Crippen LogP contribution in [0.5, 0.6) is 0 Å². The molecule has 4 nitrogen and oxygen atoms in total. The zero-order valence-corrected chi connectivity index (χ0v) is 11.2. The quantitative estimate of drug-likeness (QED) is 0.911. The number of rotatable bonds is 4. The molecule has 1 saturated carbocycles. The van der Waals surface area contributed by atoms with E-state index in [0.717, 1.165) is 12.2 Å². The highest BCUT2D eigenvalue weighted by Gasteiger charge is 2.30. The molecule has 0 amide bonds. The minimum Gasteiger partial charge on any atom is -0.311 e. The maximum absolute atomic E-state index is 11.9. The Morgan fingerprint density at radius 1 is 1.42 bits per heavy atom. The first kappa shape index (κ1) is 12.4. The Morgan fingerprint density at radius 3 is 3.00 bits per heavy atom. The standard InChI is InChI=1S/C15H19N3O/c1-15(6-4-7-15)11-16-10-12-9-14(19)18-8-3-2-5-13(18)17-12/h2-3,5,8-9,16H,4,6-7,10-11H2,1H3. The summed E-state index contributed by atoms with van der Waals surface area (Å²) in [5.41, 5.74) is 1.96. The van der Waals surface area contributed by atoms with E-state index < -0.39 is 0 Å². The zero-order valence-electron chi connectivity index (χ0n) is 11.2. The second kappa shape index (κ2) is 4.78. The Labute approximate surface area is 112 Å². The van der Waals surface area contributed by atoms with Gasteiger partial charge in [-0.25, -0.2) is 4.98 Å². The molecule has 2 heterocycles. The van der Waals surface area contributed by atoms with Gasteiger partial charge in [-0.05, 0) is 30.4 Å². The molecule has 0 saturated heterocycles. The van der Waals surface area contributed by atoms with Crippen LogP contribution in [0.3, 0.4) is 0 Å². The highest BCUT2D eigenvalue weighted by Crippen LogP contribution is 2.39. The van der Waals surface area contributed by atoms with Crippen molar-refractivity contribution >= 4 is 5.65 Å². The van der Waals surface area contributed by atoms with E-state index in [4.69, 9.17) is 0 Å². The summed E-state index contributed by atoms with van der Waals surface area (Å²) < 4.78 is 1.57. The normalized spacial score (nSPS) is 17.3. The predicted octanol–water partition coefficient (Wildman–Crippen LogP) is 1.97. The van der Waals surface area contributed by atoms with Crippen LogP contribution in [-0.2, 0) is 6.54 Å². The van der Waals surface area contributed by atoms with Gasteiger partial charge < -0.3 is 5.32 Å². The Morgan fingerprint density at radius 2 is 2.26 bits per heavy atom. The fourth-order valence-corrected chi connectivity index (χ4v) is 2.64. The third-order valence-corrected chi connectivity index (χ3v) is 4.04. The third-order valence-electron chi connectivity index (χ3n) is 4.04. The molecular weight excluding hydrogens is 238 g/mol. The lowest BCUT2D eigenvalue weighted by molar-refractivity contribution is 0.156. The Bertz CT molecular complexity index is 643. The number of pyridine rings is 1. The minimum atomic E-state index is -0.0164. The molecule has 0 aromatic carbocycles. The van der Waals surface area contributed by atoms with Gasteiger partial charge in [-0.2, -0.15) is 0 Å². The largest absolute Gasteiger partial charge is 0.311 e. The van der Waals surface area contributed by atoms with Crippen molar-refractivity contribution in [3.05, 3.63) is 46.5 Å². The number of nitrogens with zero attached hydrogens (tertiary/aromatic N) is 2. The van der Waals surface area contributed by atoms with Crippen LogP contribution in [0.2, 0.25) is 0 Å². The van der Waals surface area contributed by atoms with Crippen molar-refractivity contribution < 1.29 is 0 Å². The average Bonchev–Trinajstić information content (AvgIpc) is 2.37. The summed E-state index contributed by atoms with van der Waals surface area (Å²) >= 11 is 0. The smallest absolute Gasteiger partial charge is 0.258 e. The molecule has 4 heteroatoms. The van der Waals surface area contributed by atoms with Crippen molar-refractivity contribution in [3.63, 3.8) is 0 Å². The molecule has 0 bridgehead atoms. The molecule has 0 radical (unpaired) electrons. The zero-order chi connectivity index (χ0) is 13.3. The van der Waals surface area contributed by atoms with Gasteiger partial charge in [0.05, 0.1) is 5.69 Å². The number of nitrogens with one attached hydrogen (secondary N) is 1. The Kier molecular flexibility index (Phi) is 3.11. The van der Waals surface area contributed by atoms with Crippen LogP contribution >= 0.6 is 0 Å². The van der Waals surface area contributed by atoms with Gasteiger partial charge in [-0.15, -0.1) is 0 Å². The predicted molar refractivity (Wildman–Crippen MR) is 75.1 cm³/mol. The molecule has 1 aliphatic carbocycles. The first-order valence-corrected chi connectivity index (χ1v) is 6.84. The van der Waals surface area contributed by atoms with E-state index in [1.165, 1.54) is 19.3 Å². The molecule has 0 spiro atoms. The van der Waals surface area contributed by atoms with E-state index in [9.17, 15) is 4.79 Å². The number of fused-ring (bicyclic) bond motifs is 1. The topological polar surface area (TPSA) is 46.4 Å². The van der Waals surface area contributed by atoms with Gasteiger partial charge in [0, 0.05) is 25.4 Å². The summed E-state index contributed by atoms with van der Waals surface area (Å²) in [6.07, 6.45) is 5.69. The molecular formula is C15H19N3O. The lowest BCUT2D eigenvalue weighted by Gasteiger charge is -2.38. The van der Waals surface area contributed by atoms with E-state index >= 15 is 0 Å². The maximum Gasteiger partial charge on any atom is 0.258 e. The first-order chi connectivity index (χ1) is 9.16. The first-order valence-electron chi connectivity index (χ1n) is 6.84. The molecule has 1 fully saturated rings. The summed E-state index contributed by atoms with van der Waals surface area (Å²) in [6.45, 7) is 3.98. The number of aromatic nitrogens is 2. The SMILES string of the molecule is CC1(CNCc2cc(=O)n3ccccc3n2)CCC1.